The number of nitrogens with zero attached hydrogens (tertiary/aromatic N) is 2. The van der Waals surface area contributed by atoms with E-state index in [4.69, 9.17) is 18.9 Å². The molecule has 8 nitrogen and oxygen atoms in total. The molecule has 0 unspecified atom stereocenters. The molecule has 0 atom stereocenters. The first-order valence-corrected chi connectivity index (χ1v) is 10.5. The molecule has 0 bridgehead atoms. The number of benzene rings is 2. The van der Waals surface area contributed by atoms with E-state index in [9.17, 15) is 9.59 Å². The van der Waals surface area contributed by atoms with E-state index in [-0.39, 0.29) is 5.91 Å². The maximum atomic E-state index is 13.7. The molecule has 32 heavy (non-hydrogen) atoms. The summed E-state index contributed by atoms with van der Waals surface area (Å²) in [6, 6.07) is 12.2. The summed E-state index contributed by atoms with van der Waals surface area (Å²) in [4.78, 5) is 30.4. The molecule has 0 saturated carbocycles. The van der Waals surface area contributed by atoms with E-state index in [2.05, 4.69) is 0 Å². The van der Waals surface area contributed by atoms with E-state index in [1.165, 1.54) is 19.1 Å². The Hall–Kier alpha value is -3.52. The molecule has 2 aliphatic heterocycles. The Kier molecular flexibility index (Phi) is 6.32. The second kappa shape index (κ2) is 9.32. The van der Waals surface area contributed by atoms with Crippen molar-refractivity contribution in [2.75, 3.05) is 52.0 Å². The lowest BCUT2D eigenvalue weighted by atomic mass is 10.0. The van der Waals surface area contributed by atoms with Crippen LogP contribution >= 0.6 is 0 Å². The van der Waals surface area contributed by atoms with Gasteiger partial charge in [0.1, 0.15) is 22.9 Å². The molecule has 0 spiro atoms. The zero-order valence-corrected chi connectivity index (χ0v) is 18.4. The highest BCUT2D eigenvalue weighted by Gasteiger charge is 2.43. The first-order chi connectivity index (χ1) is 15.6. The van der Waals surface area contributed by atoms with Gasteiger partial charge >= 0.3 is 0 Å². The number of methoxy groups -OCH3 is 2. The molecule has 0 aliphatic carbocycles. The van der Waals surface area contributed by atoms with Gasteiger partial charge in [-0.05, 0) is 24.6 Å². The maximum Gasteiger partial charge on any atom is 0.282 e. The summed E-state index contributed by atoms with van der Waals surface area (Å²) in [5.41, 5.74) is 1.79. The fourth-order valence-electron chi connectivity index (χ4n) is 3.90. The van der Waals surface area contributed by atoms with E-state index in [0.29, 0.717) is 72.7 Å². The third-order valence-electron chi connectivity index (χ3n) is 5.44. The summed E-state index contributed by atoms with van der Waals surface area (Å²) >= 11 is 0. The van der Waals surface area contributed by atoms with Crippen LogP contribution < -0.4 is 19.1 Å². The second-order valence-corrected chi connectivity index (χ2v) is 7.30. The molecule has 0 aromatic heterocycles. The summed E-state index contributed by atoms with van der Waals surface area (Å²) in [7, 11) is 3.05. The number of hydrogen-bond donors (Lipinski definition) is 0. The Labute approximate surface area is 186 Å². The van der Waals surface area contributed by atoms with Gasteiger partial charge in [0.15, 0.2) is 0 Å². The predicted octanol–water partition coefficient (Wildman–Crippen LogP) is 2.72. The molecule has 2 aromatic carbocycles. The minimum atomic E-state index is -0.393. The molecule has 2 heterocycles. The largest absolute Gasteiger partial charge is 0.497 e. The van der Waals surface area contributed by atoms with Crippen LogP contribution in [0.4, 0.5) is 5.69 Å². The Morgan fingerprint density at radius 2 is 1.50 bits per heavy atom. The Bertz CT molecular complexity index is 1020. The molecule has 2 aliphatic rings. The molecule has 2 amide bonds. The van der Waals surface area contributed by atoms with Crippen molar-refractivity contribution in [1.29, 1.82) is 0 Å². The van der Waals surface area contributed by atoms with Crippen LogP contribution in [-0.2, 0) is 14.3 Å². The van der Waals surface area contributed by atoms with Gasteiger partial charge < -0.3 is 23.8 Å². The third-order valence-corrected chi connectivity index (χ3v) is 5.44. The van der Waals surface area contributed by atoms with Gasteiger partial charge in [-0.2, -0.15) is 0 Å². The quantitative estimate of drug-likeness (QED) is 0.615. The van der Waals surface area contributed by atoms with Crippen molar-refractivity contribution < 1.29 is 28.5 Å². The normalized spacial score (nSPS) is 16.6. The molecular formula is C24H26N2O6. The average Bonchev–Trinajstić information content (AvgIpc) is 3.09. The van der Waals surface area contributed by atoms with Crippen LogP contribution in [0.2, 0.25) is 0 Å². The van der Waals surface area contributed by atoms with Gasteiger partial charge in [0, 0.05) is 31.3 Å². The van der Waals surface area contributed by atoms with Gasteiger partial charge in [0.05, 0.1) is 45.3 Å². The number of anilines is 1. The minimum absolute atomic E-state index is 0.363. The topological polar surface area (TPSA) is 77.5 Å². The lowest BCUT2D eigenvalue weighted by Crippen LogP contribution is -2.40. The summed E-state index contributed by atoms with van der Waals surface area (Å²) in [5, 5.41) is 0. The number of amides is 2. The predicted molar refractivity (Wildman–Crippen MR) is 119 cm³/mol. The van der Waals surface area contributed by atoms with Gasteiger partial charge in [-0.1, -0.05) is 12.1 Å². The van der Waals surface area contributed by atoms with Crippen LogP contribution in [0, 0.1) is 0 Å². The second-order valence-electron chi connectivity index (χ2n) is 7.30. The van der Waals surface area contributed by atoms with Crippen molar-refractivity contribution in [2.45, 2.75) is 6.92 Å². The van der Waals surface area contributed by atoms with Crippen molar-refractivity contribution in [3.63, 3.8) is 0 Å². The summed E-state index contributed by atoms with van der Waals surface area (Å²) < 4.78 is 21.6. The molecule has 0 N–H and O–H groups in total. The van der Waals surface area contributed by atoms with Crippen molar-refractivity contribution in [2.24, 2.45) is 0 Å². The van der Waals surface area contributed by atoms with E-state index in [1.54, 1.807) is 30.3 Å². The lowest BCUT2D eigenvalue weighted by molar-refractivity contribution is -0.121. The number of ether oxygens (including phenoxy) is 4. The Morgan fingerprint density at radius 1 is 0.875 bits per heavy atom. The smallest absolute Gasteiger partial charge is 0.282 e. The monoisotopic (exact) mass is 438 g/mol. The molecule has 4 rings (SSSR count). The van der Waals surface area contributed by atoms with Crippen molar-refractivity contribution in [3.8, 4) is 17.2 Å². The highest BCUT2D eigenvalue weighted by Crippen LogP contribution is 2.38. The summed E-state index contributed by atoms with van der Waals surface area (Å²) in [6.45, 7) is 4.51. The number of imide groups is 1. The Morgan fingerprint density at radius 3 is 2.06 bits per heavy atom. The summed E-state index contributed by atoms with van der Waals surface area (Å²) in [5.74, 6) is 0.910. The van der Waals surface area contributed by atoms with Crippen molar-refractivity contribution >= 4 is 23.1 Å². The fraction of sp³-hybridized carbons (Fsp3) is 0.333. The lowest BCUT2D eigenvalue weighted by Gasteiger charge is -2.29. The van der Waals surface area contributed by atoms with Gasteiger partial charge in [-0.25, -0.2) is 4.90 Å². The number of carbonyl (C=O) groups excluding carboxylic acids is 2. The molecule has 168 valence electrons. The molecule has 1 fully saturated rings. The summed E-state index contributed by atoms with van der Waals surface area (Å²) in [6.07, 6.45) is 0. The van der Waals surface area contributed by atoms with Crippen LogP contribution in [0.25, 0.3) is 5.57 Å². The molecule has 0 radical (unpaired) electrons. The van der Waals surface area contributed by atoms with Gasteiger partial charge in [-0.15, -0.1) is 0 Å². The number of rotatable bonds is 7. The molecule has 2 aromatic rings. The van der Waals surface area contributed by atoms with E-state index in [1.807, 2.05) is 24.0 Å². The molecular weight excluding hydrogens is 412 g/mol. The number of carbonyl (C=O) groups is 2. The van der Waals surface area contributed by atoms with Crippen molar-refractivity contribution in [3.05, 3.63) is 53.7 Å². The maximum absolute atomic E-state index is 13.7. The highest BCUT2D eigenvalue weighted by atomic mass is 16.5. The zero-order chi connectivity index (χ0) is 22.7. The van der Waals surface area contributed by atoms with Gasteiger partial charge in [0.2, 0.25) is 0 Å². The Balaban J connectivity index is 1.80. The average molecular weight is 438 g/mol. The van der Waals surface area contributed by atoms with Crippen LogP contribution in [0.15, 0.2) is 48.2 Å². The van der Waals surface area contributed by atoms with Crippen LogP contribution in [0.5, 0.6) is 17.2 Å². The van der Waals surface area contributed by atoms with E-state index < -0.39 is 5.91 Å². The minimum Gasteiger partial charge on any atom is -0.497 e. The first kappa shape index (κ1) is 21.7. The number of hydrogen-bond acceptors (Lipinski definition) is 7. The standard InChI is InChI=1S/C24H26N2O6/c1-4-32-18-7-5-16(6-8-18)21-22(25-9-11-31-12-10-25)24(28)26(23(21)27)17-13-19(29-2)15-20(14-17)30-3/h5-8,13-15H,4,9-12H2,1-3H3. The fourth-order valence-corrected chi connectivity index (χ4v) is 3.90. The number of morpholine rings is 1. The zero-order valence-electron chi connectivity index (χ0n) is 18.4. The SMILES string of the molecule is CCOc1ccc(C2=C(N3CCOCC3)C(=O)N(c3cc(OC)cc(OC)c3)C2=O)cc1. The van der Waals surface area contributed by atoms with Crippen LogP contribution in [0.1, 0.15) is 12.5 Å². The van der Waals surface area contributed by atoms with Crippen LogP contribution in [0.3, 0.4) is 0 Å². The van der Waals surface area contributed by atoms with Gasteiger partial charge in [-0.3, -0.25) is 9.59 Å². The third kappa shape index (κ3) is 4.01. The van der Waals surface area contributed by atoms with E-state index in [0.717, 1.165) is 0 Å². The molecule has 1 saturated heterocycles. The molecule has 8 heteroatoms. The highest BCUT2D eigenvalue weighted by molar-refractivity contribution is 6.45. The first-order valence-electron chi connectivity index (χ1n) is 10.5. The van der Waals surface area contributed by atoms with Crippen LogP contribution in [-0.4, -0.2) is 63.8 Å². The van der Waals surface area contributed by atoms with Gasteiger partial charge in [0.25, 0.3) is 11.8 Å². The van der Waals surface area contributed by atoms with Crippen molar-refractivity contribution in [1.82, 2.24) is 4.90 Å². The van der Waals surface area contributed by atoms with E-state index >= 15 is 0 Å².